The molecule has 1 unspecified atom stereocenters. The molecule has 0 saturated heterocycles. The molecule has 6 heteroatoms. The van der Waals surface area contributed by atoms with Crippen LogP contribution < -0.4 is 5.32 Å². The maximum atomic E-state index is 10.6. The third kappa shape index (κ3) is 6.36. The lowest BCUT2D eigenvalue weighted by Crippen LogP contribution is -2.32. The maximum absolute atomic E-state index is 10.6. The van der Waals surface area contributed by atoms with Gasteiger partial charge in [-0.1, -0.05) is 0 Å². The summed E-state index contributed by atoms with van der Waals surface area (Å²) >= 11 is 5.19. The van der Waals surface area contributed by atoms with Crippen LogP contribution >= 0.6 is 11.6 Å². The average Bonchev–Trinajstić information content (AvgIpc) is 2.10. The number of alkyl halides is 1. The second-order valence-corrected chi connectivity index (χ2v) is 2.85. The fraction of sp³-hybridized carbons (Fsp3) is 0.714. The molecular formula is C7H12ClNO4. The minimum Gasteiger partial charge on any atom is -0.481 e. The predicted octanol–water partition coefficient (Wildman–Crippen LogP) is -0.575. The Morgan fingerprint density at radius 2 is 2.08 bits per heavy atom. The zero-order valence-corrected chi connectivity index (χ0v) is 7.75. The molecule has 5 nitrogen and oxygen atoms in total. The van der Waals surface area contributed by atoms with Gasteiger partial charge in [0, 0.05) is 19.1 Å². The molecule has 0 rings (SSSR count). The number of aliphatic carboxylic acids is 1. The number of rotatable bonds is 6. The van der Waals surface area contributed by atoms with Gasteiger partial charge in [-0.15, -0.1) is 11.6 Å². The Kier molecular flexibility index (Phi) is 6.26. The molecule has 1 amide bonds. The first-order chi connectivity index (χ1) is 6.10. The van der Waals surface area contributed by atoms with Gasteiger partial charge in [-0.2, -0.15) is 0 Å². The van der Waals surface area contributed by atoms with Crippen molar-refractivity contribution in [1.29, 1.82) is 0 Å². The van der Waals surface area contributed by atoms with Crippen molar-refractivity contribution in [1.82, 2.24) is 5.32 Å². The van der Waals surface area contributed by atoms with Crippen LogP contribution in [0.15, 0.2) is 0 Å². The number of carbonyl (C=O) groups is 2. The number of aliphatic hydroxyl groups is 1. The van der Waals surface area contributed by atoms with Crippen molar-refractivity contribution in [3.63, 3.8) is 0 Å². The van der Waals surface area contributed by atoms with Crippen molar-refractivity contribution >= 4 is 23.5 Å². The number of aliphatic hydroxyl groups excluding tert-OH is 1. The number of carbonyl (C=O) groups excluding carboxylic acids is 1. The molecule has 0 bridgehead atoms. The molecule has 0 aliphatic heterocycles. The zero-order valence-electron chi connectivity index (χ0n) is 6.99. The number of hydrogen-bond acceptors (Lipinski definition) is 3. The number of hydrogen-bond donors (Lipinski definition) is 3. The topological polar surface area (TPSA) is 86.6 Å². The quantitative estimate of drug-likeness (QED) is 0.511. The highest BCUT2D eigenvalue weighted by molar-refractivity contribution is 6.27. The Hall–Kier alpha value is -0.810. The minimum absolute atomic E-state index is 0.133. The first-order valence-corrected chi connectivity index (χ1v) is 4.29. The van der Waals surface area contributed by atoms with Crippen molar-refractivity contribution in [2.45, 2.75) is 6.42 Å². The van der Waals surface area contributed by atoms with Gasteiger partial charge in [-0.05, 0) is 0 Å². The van der Waals surface area contributed by atoms with Crippen LogP contribution in [0.1, 0.15) is 6.42 Å². The fourth-order valence-electron chi connectivity index (χ4n) is 0.754. The van der Waals surface area contributed by atoms with E-state index >= 15 is 0 Å². The fourth-order valence-corrected chi connectivity index (χ4v) is 0.848. The summed E-state index contributed by atoms with van der Waals surface area (Å²) in [5.41, 5.74) is 0. The molecule has 0 spiro atoms. The van der Waals surface area contributed by atoms with Crippen molar-refractivity contribution < 1.29 is 19.8 Å². The lowest BCUT2D eigenvalue weighted by molar-refractivity contribution is -0.138. The lowest BCUT2D eigenvalue weighted by atomic mass is 10.1. The Morgan fingerprint density at radius 1 is 1.46 bits per heavy atom. The van der Waals surface area contributed by atoms with E-state index in [2.05, 4.69) is 5.32 Å². The van der Waals surface area contributed by atoms with Crippen molar-refractivity contribution in [2.75, 3.05) is 19.0 Å². The first-order valence-electron chi connectivity index (χ1n) is 3.75. The van der Waals surface area contributed by atoms with Crippen molar-refractivity contribution in [3.05, 3.63) is 0 Å². The number of nitrogens with one attached hydrogen (secondary N) is 1. The SMILES string of the molecule is O=C(O)CC(CO)CNC(=O)CCl. The Morgan fingerprint density at radius 3 is 2.46 bits per heavy atom. The number of halogens is 1. The number of carboxylic acids is 1. The van der Waals surface area contributed by atoms with E-state index in [1.54, 1.807) is 0 Å². The highest BCUT2D eigenvalue weighted by Gasteiger charge is 2.12. The predicted molar refractivity (Wildman–Crippen MR) is 46.6 cm³/mol. The van der Waals surface area contributed by atoms with E-state index in [9.17, 15) is 9.59 Å². The molecule has 76 valence electrons. The summed E-state index contributed by atoms with van der Waals surface area (Å²) < 4.78 is 0. The summed E-state index contributed by atoms with van der Waals surface area (Å²) in [5, 5.41) is 19.5. The molecule has 0 aromatic heterocycles. The summed E-state index contributed by atoms with van der Waals surface area (Å²) in [6.07, 6.45) is -0.168. The van der Waals surface area contributed by atoms with Crippen molar-refractivity contribution in [2.24, 2.45) is 5.92 Å². The number of amides is 1. The lowest BCUT2D eigenvalue weighted by Gasteiger charge is -2.11. The number of carboxylic acid groups (broad SMARTS) is 1. The largest absolute Gasteiger partial charge is 0.481 e. The summed E-state index contributed by atoms with van der Waals surface area (Å²) in [4.78, 5) is 20.9. The van der Waals surface area contributed by atoms with Crippen LogP contribution in [-0.2, 0) is 9.59 Å². The minimum atomic E-state index is -1.00. The molecule has 0 saturated carbocycles. The Labute approximate surface area is 80.7 Å². The summed E-state index contributed by atoms with van der Waals surface area (Å²) in [7, 11) is 0. The van der Waals surface area contributed by atoms with E-state index in [1.165, 1.54) is 0 Å². The molecule has 13 heavy (non-hydrogen) atoms. The molecule has 1 atom stereocenters. The average molecular weight is 210 g/mol. The molecule has 0 radical (unpaired) electrons. The Balaban J connectivity index is 3.71. The van der Waals surface area contributed by atoms with E-state index in [4.69, 9.17) is 21.8 Å². The van der Waals surface area contributed by atoms with Crippen LogP contribution in [0, 0.1) is 5.92 Å². The molecule has 0 aliphatic carbocycles. The van der Waals surface area contributed by atoms with Crippen LogP contribution in [0.25, 0.3) is 0 Å². The van der Waals surface area contributed by atoms with E-state index in [-0.39, 0.29) is 31.4 Å². The van der Waals surface area contributed by atoms with Gasteiger partial charge in [0.15, 0.2) is 0 Å². The van der Waals surface area contributed by atoms with Gasteiger partial charge in [0.1, 0.15) is 5.88 Å². The highest BCUT2D eigenvalue weighted by atomic mass is 35.5. The monoisotopic (exact) mass is 209 g/mol. The van der Waals surface area contributed by atoms with Crippen LogP contribution in [0.3, 0.4) is 0 Å². The standard InChI is InChI=1S/C7H12ClNO4/c8-2-6(11)9-3-5(4-10)1-7(12)13/h5,10H,1-4H2,(H,9,11)(H,12,13). The smallest absolute Gasteiger partial charge is 0.303 e. The van der Waals surface area contributed by atoms with Gasteiger partial charge in [0.25, 0.3) is 0 Å². The van der Waals surface area contributed by atoms with Gasteiger partial charge < -0.3 is 15.5 Å². The normalized spacial score (nSPS) is 12.2. The van der Waals surface area contributed by atoms with E-state index in [0.29, 0.717) is 0 Å². The molecule has 0 heterocycles. The second-order valence-electron chi connectivity index (χ2n) is 2.58. The molecule has 0 aromatic rings. The zero-order chi connectivity index (χ0) is 10.3. The summed E-state index contributed by atoms with van der Waals surface area (Å²) in [5.74, 6) is -1.99. The van der Waals surface area contributed by atoms with Gasteiger partial charge >= 0.3 is 5.97 Å². The summed E-state index contributed by atoms with van der Waals surface area (Å²) in [6.45, 7) is -0.136. The molecule has 3 N–H and O–H groups in total. The first kappa shape index (κ1) is 12.2. The molecule has 0 aromatic carbocycles. The summed E-state index contributed by atoms with van der Waals surface area (Å²) in [6, 6.07) is 0. The van der Waals surface area contributed by atoms with Crippen molar-refractivity contribution in [3.8, 4) is 0 Å². The maximum Gasteiger partial charge on any atom is 0.303 e. The molecule has 0 fully saturated rings. The van der Waals surface area contributed by atoms with Crippen LogP contribution in [0.2, 0.25) is 0 Å². The molecular weight excluding hydrogens is 198 g/mol. The van der Waals surface area contributed by atoms with Gasteiger partial charge in [-0.25, -0.2) is 0 Å². The van der Waals surface area contributed by atoms with Crippen LogP contribution in [0.5, 0.6) is 0 Å². The van der Waals surface area contributed by atoms with E-state index < -0.39 is 11.9 Å². The second kappa shape index (κ2) is 6.68. The molecule has 0 aliphatic rings. The van der Waals surface area contributed by atoms with Gasteiger partial charge in [0.05, 0.1) is 6.42 Å². The van der Waals surface area contributed by atoms with E-state index in [0.717, 1.165) is 0 Å². The highest BCUT2D eigenvalue weighted by Crippen LogP contribution is 1.99. The van der Waals surface area contributed by atoms with E-state index in [1.807, 2.05) is 0 Å². The third-order valence-corrected chi connectivity index (χ3v) is 1.67. The van der Waals surface area contributed by atoms with Gasteiger partial charge in [0.2, 0.25) is 5.91 Å². The van der Waals surface area contributed by atoms with Crippen LogP contribution in [0.4, 0.5) is 0 Å². The third-order valence-electron chi connectivity index (χ3n) is 1.43. The van der Waals surface area contributed by atoms with Crippen LogP contribution in [-0.4, -0.2) is 41.1 Å². The Bertz CT molecular complexity index is 185. The van der Waals surface area contributed by atoms with Gasteiger partial charge in [-0.3, -0.25) is 9.59 Å².